The SMILES string of the molecule is CC(C[CH]C(=O)NC1CCCN(S(=O)(=O)c2ccccn2)C[C@@H]1O)C(N)=O. The Labute approximate surface area is 159 Å². The van der Waals surface area contributed by atoms with Crippen LogP contribution in [0, 0.1) is 12.3 Å². The summed E-state index contributed by atoms with van der Waals surface area (Å²) in [5.74, 6) is -1.38. The Morgan fingerprint density at radius 3 is 2.85 bits per heavy atom. The Balaban J connectivity index is 1.97. The Bertz CT molecular complexity index is 756. The van der Waals surface area contributed by atoms with E-state index in [4.69, 9.17) is 5.73 Å². The number of nitrogens with one attached hydrogen (secondary N) is 1. The maximum absolute atomic E-state index is 12.7. The molecule has 2 amide bonds. The Morgan fingerprint density at radius 1 is 1.48 bits per heavy atom. The maximum atomic E-state index is 12.7. The average Bonchev–Trinajstić information content (AvgIpc) is 2.82. The highest BCUT2D eigenvalue weighted by Gasteiger charge is 2.33. The molecule has 0 aliphatic carbocycles. The third-order valence-corrected chi connectivity index (χ3v) is 6.27. The molecule has 0 spiro atoms. The fourth-order valence-corrected chi connectivity index (χ4v) is 4.19. The van der Waals surface area contributed by atoms with E-state index in [0.29, 0.717) is 12.8 Å². The lowest BCUT2D eigenvalue weighted by atomic mass is 10.0. The Kier molecular flexibility index (Phi) is 7.28. The molecule has 0 saturated carbocycles. The van der Waals surface area contributed by atoms with Gasteiger partial charge >= 0.3 is 0 Å². The largest absolute Gasteiger partial charge is 0.390 e. The molecule has 3 atom stereocenters. The molecule has 1 fully saturated rings. The quantitative estimate of drug-likeness (QED) is 0.562. The van der Waals surface area contributed by atoms with Crippen LogP contribution in [0.15, 0.2) is 29.4 Å². The molecule has 1 aromatic rings. The van der Waals surface area contributed by atoms with Crippen molar-refractivity contribution in [1.29, 1.82) is 0 Å². The molecule has 2 heterocycles. The van der Waals surface area contributed by atoms with E-state index in [-0.39, 0.29) is 24.5 Å². The molecule has 149 valence electrons. The summed E-state index contributed by atoms with van der Waals surface area (Å²) in [7, 11) is -3.81. The average molecular weight is 397 g/mol. The van der Waals surface area contributed by atoms with Gasteiger partial charge in [-0.3, -0.25) is 9.59 Å². The molecule has 2 unspecified atom stereocenters. The molecule has 1 saturated heterocycles. The number of nitrogens with two attached hydrogens (primary N) is 1. The van der Waals surface area contributed by atoms with Crippen LogP contribution < -0.4 is 11.1 Å². The number of rotatable bonds is 7. The van der Waals surface area contributed by atoms with E-state index >= 15 is 0 Å². The second kappa shape index (κ2) is 9.25. The first-order valence-electron chi connectivity index (χ1n) is 8.74. The van der Waals surface area contributed by atoms with Crippen LogP contribution in [0.2, 0.25) is 0 Å². The number of aliphatic hydroxyl groups is 1. The topological polar surface area (TPSA) is 143 Å². The van der Waals surface area contributed by atoms with Crippen LogP contribution in [0.25, 0.3) is 0 Å². The smallest absolute Gasteiger partial charge is 0.260 e. The van der Waals surface area contributed by atoms with Crippen LogP contribution in [0.3, 0.4) is 0 Å². The van der Waals surface area contributed by atoms with Gasteiger partial charge in [-0.15, -0.1) is 0 Å². The first kappa shape index (κ1) is 21.3. The highest BCUT2D eigenvalue weighted by Crippen LogP contribution is 2.19. The number of aliphatic hydroxyl groups excluding tert-OH is 1. The summed E-state index contributed by atoms with van der Waals surface area (Å²) in [6.07, 6.45) is 2.76. The number of sulfonamides is 1. The molecular formula is C17H25N4O5S. The molecule has 2 rings (SSSR count). The van der Waals surface area contributed by atoms with Gasteiger partial charge in [0.15, 0.2) is 5.03 Å². The molecule has 0 aromatic carbocycles. The van der Waals surface area contributed by atoms with Gasteiger partial charge in [0, 0.05) is 25.2 Å². The van der Waals surface area contributed by atoms with Crippen molar-refractivity contribution < 1.29 is 23.1 Å². The summed E-state index contributed by atoms with van der Waals surface area (Å²) in [6, 6.07) is 4.03. The van der Waals surface area contributed by atoms with Crippen molar-refractivity contribution in [1.82, 2.24) is 14.6 Å². The molecule has 10 heteroatoms. The fourth-order valence-electron chi connectivity index (χ4n) is 2.77. The number of β-amino-alcohol motifs (C(OH)–C–C–N with tert-alkyl or cyclic N) is 1. The molecule has 1 aliphatic heterocycles. The van der Waals surface area contributed by atoms with Crippen LogP contribution in [-0.4, -0.2) is 59.9 Å². The minimum absolute atomic E-state index is 0.0755. The summed E-state index contributed by atoms with van der Waals surface area (Å²) < 4.78 is 26.5. The molecule has 9 nitrogen and oxygen atoms in total. The summed E-state index contributed by atoms with van der Waals surface area (Å²) in [4.78, 5) is 26.9. The van der Waals surface area contributed by atoms with Crippen molar-refractivity contribution in [3.8, 4) is 0 Å². The van der Waals surface area contributed by atoms with Gasteiger partial charge in [-0.25, -0.2) is 13.4 Å². The standard InChI is InChI=1S/C17H25N4O5S/c1-12(17(18)24)7-8-15(23)20-13-5-4-10-21(11-14(13)22)27(25,26)16-6-2-3-9-19-16/h2-3,6,8-9,12-14,22H,4-5,7,10-11H2,1H3,(H2,18,24)(H,20,23)/t12?,13?,14-/m0/s1. The van der Waals surface area contributed by atoms with E-state index in [1.165, 1.54) is 23.0 Å². The van der Waals surface area contributed by atoms with Gasteiger partial charge in [0.05, 0.1) is 18.6 Å². The van der Waals surface area contributed by atoms with Crippen molar-refractivity contribution in [2.75, 3.05) is 13.1 Å². The normalized spacial score (nSPS) is 22.6. The summed E-state index contributed by atoms with van der Waals surface area (Å²) >= 11 is 0. The molecule has 27 heavy (non-hydrogen) atoms. The Hall–Kier alpha value is -2.04. The van der Waals surface area contributed by atoms with Crippen LogP contribution >= 0.6 is 0 Å². The molecule has 1 aromatic heterocycles. The van der Waals surface area contributed by atoms with E-state index in [1.807, 2.05) is 0 Å². The number of carbonyl (C=O) groups excluding carboxylic acids is 2. The molecular weight excluding hydrogens is 372 g/mol. The van der Waals surface area contributed by atoms with Crippen LogP contribution in [-0.2, 0) is 19.6 Å². The van der Waals surface area contributed by atoms with E-state index in [9.17, 15) is 23.1 Å². The number of carbonyl (C=O) groups is 2. The van der Waals surface area contributed by atoms with Crippen LogP contribution in [0.4, 0.5) is 0 Å². The lowest BCUT2D eigenvalue weighted by molar-refractivity contribution is -0.121. The number of nitrogens with zero attached hydrogens (tertiary/aromatic N) is 2. The van der Waals surface area contributed by atoms with E-state index in [0.717, 1.165) is 0 Å². The van der Waals surface area contributed by atoms with Crippen molar-refractivity contribution in [2.24, 2.45) is 11.7 Å². The van der Waals surface area contributed by atoms with E-state index in [1.54, 1.807) is 19.1 Å². The Morgan fingerprint density at radius 2 is 2.22 bits per heavy atom. The first-order chi connectivity index (χ1) is 12.7. The third-order valence-electron chi connectivity index (χ3n) is 4.49. The third kappa shape index (κ3) is 5.72. The van der Waals surface area contributed by atoms with E-state index < -0.39 is 39.9 Å². The van der Waals surface area contributed by atoms with Gasteiger partial charge in [-0.05, 0) is 31.4 Å². The predicted molar refractivity (Wildman–Crippen MR) is 97.4 cm³/mol. The highest BCUT2D eigenvalue weighted by molar-refractivity contribution is 7.89. The monoisotopic (exact) mass is 397 g/mol. The zero-order valence-electron chi connectivity index (χ0n) is 15.1. The lowest BCUT2D eigenvalue weighted by Crippen LogP contribution is -2.47. The molecule has 0 bridgehead atoms. The van der Waals surface area contributed by atoms with Crippen LogP contribution in [0.5, 0.6) is 0 Å². The second-order valence-corrected chi connectivity index (χ2v) is 8.48. The number of primary amides is 1. The number of aromatic nitrogens is 1. The lowest BCUT2D eigenvalue weighted by Gasteiger charge is -2.24. The number of hydrogen-bond acceptors (Lipinski definition) is 6. The highest BCUT2D eigenvalue weighted by atomic mass is 32.2. The van der Waals surface area contributed by atoms with Gasteiger partial charge in [-0.1, -0.05) is 13.0 Å². The number of pyridine rings is 1. The minimum atomic E-state index is -3.81. The zero-order valence-corrected chi connectivity index (χ0v) is 15.9. The van der Waals surface area contributed by atoms with Gasteiger partial charge in [0.25, 0.3) is 10.0 Å². The molecule has 1 radical (unpaired) electrons. The maximum Gasteiger partial charge on any atom is 0.260 e. The van der Waals surface area contributed by atoms with Crippen LogP contribution in [0.1, 0.15) is 26.2 Å². The van der Waals surface area contributed by atoms with E-state index in [2.05, 4.69) is 10.3 Å². The van der Waals surface area contributed by atoms with Crippen molar-refractivity contribution in [3.05, 3.63) is 30.8 Å². The first-order valence-corrected chi connectivity index (χ1v) is 10.2. The predicted octanol–water partition coefficient (Wildman–Crippen LogP) is -0.572. The molecule has 1 aliphatic rings. The van der Waals surface area contributed by atoms with Gasteiger partial charge < -0.3 is 16.2 Å². The van der Waals surface area contributed by atoms with Gasteiger partial charge in [0.2, 0.25) is 11.8 Å². The molecule has 4 N–H and O–H groups in total. The van der Waals surface area contributed by atoms with Gasteiger partial charge in [-0.2, -0.15) is 4.31 Å². The number of hydrogen-bond donors (Lipinski definition) is 3. The summed E-state index contributed by atoms with van der Waals surface area (Å²) in [5, 5.41) is 13.0. The number of amides is 2. The van der Waals surface area contributed by atoms with Crippen molar-refractivity contribution in [2.45, 2.75) is 43.4 Å². The van der Waals surface area contributed by atoms with Crippen molar-refractivity contribution in [3.63, 3.8) is 0 Å². The summed E-state index contributed by atoms with van der Waals surface area (Å²) in [5.41, 5.74) is 5.16. The summed E-state index contributed by atoms with van der Waals surface area (Å²) in [6.45, 7) is 1.71. The minimum Gasteiger partial charge on any atom is -0.390 e. The fraction of sp³-hybridized carbons (Fsp3) is 0.529. The van der Waals surface area contributed by atoms with Crippen molar-refractivity contribution >= 4 is 21.8 Å². The van der Waals surface area contributed by atoms with Gasteiger partial charge in [0.1, 0.15) is 0 Å². The zero-order chi connectivity index (χ0) is 20.0. The second-order valence-electron chi connectivity index (χ2n) is 6.60.